The second-order valence-electron chi connectivity index (χ2n) is 4.15. The molecule has 3 heteroatoms. The Morgan fingerprint density at radius 2 is 1.60 bits per heavy atom. The molecule has 0 spiro atoms. The van der Waals surface area contributed by atoms with Crippen molar-refractivity contribution in [1.29, 1.82) is 0 Å². The van der Waals surface area contributed by atoms with Crippen molar-refractivity contribution in [2.24, 2.45) is 0 Å². The van der Waals surface area contributed by atoms with Gasteiger partial charge in [-0.3, -0.25) is 0 Å². The number of rotatable bonds is 4. The van der Waals surface area contributed by atoms with Crippen molar-refractivity contribution >= 4 is 11.5 Å². The van der Waals surface area contributed by atoms with Crippen LogP contribution in [-0.2, 0) is 9.53 Å². The van der Waals surface area contributed by atoms with Crippen molar-refractivity contribution in [3.63, 3.8) is 0 Å². The molecule has 0 aliphatic heterocycles. The van der Waals surface area contributed by atoms with Crippen LogP contribution in [0.4, 0.5) is 0 Å². The molecule has 0 unspecified atom stereocenters. The summed E-state index contributed by atoms with van der Waals surface area (Å²) in [5.74, 6) is 0.321. The molecule has 3 nitrogen and oxygen atoms in total. The lowest BCUT2D eigenvalue weighted by atomic mass is 9.97. The van der Waals surface area contributed by atoms with Crippen molar-refractivity contribution < 1.29 is 14.3 Å². The van der Waals surface area contributed by atoms with Gasteiger partial charge in [-0.15, -0.1) is 0 Å². The highest BCUT2D eigenvalue weighted by Crippen LogP contribution is 2.30. The zero-order valence-electron chi connectivity index (χ0n) is 11.5. The monoisotopic (exact) mass is 268 g/mol. The van der Waals surface area contributed by atoms with Crippen LogP contribution < -0.4 is 4.74 Å². The molecule has 2 aromatic rings. The lowest BCUT2D eigenvalue weighted by molar-refractivity contribution is -0.134. The van der Waals surface area contributed by atoms with Gasteiger partial charge in [0.1, 0.15) is 5.75 Å². The molecule has 2 aromatic carbocycles. The van der Waals surface area contributed by atoms with Crippen LogP contribution in [0.25, 0.3) is 5.57 Å². The summed E-state index contributed by atoms with van der Waals surface area (Å²) in [6, 6.07) is 17.3. The molecule has 0 aromatic heterocycles. The quantitative estimate of drug-likeness (QED) is 0.630. The van der Waals surface area contributed by atoms with Gasteiger partial charge in [-0.05, 0) is 17.2 Å². The van der Waals surface area contributed by atoms with Crippen LogP contribution in [-0.4, -0.2) is 20.2 Å². The van der Waals surface area contributed by atoms with E-state index in [1.54, 1.807) is 7.11 Å². The molecule has 0 N–H and O–H groups in total. The highest BCUT2D eigenvalue weighted by Gasteiger charge is 2.12. The van der Waals surface area contributed by atoms with E-state index in [0.717, 1.165) is 16.7 Å². The highest BCUT2D eigenvalue weighted by atomic mass is 16.5. The number of hydrogen-bond donors (Lipinski definition) is 0. The first kappa shape index (κ1) is 13.9. The smallest absolute Gasteiger partial charge is 0.331 e. The predicted molar refractivity (Wildman–Crippen MR) is 78.5 cm³/mol. The van der Waals surface area contributed by atoms with Gasteiger partial charge in [0.2, 0.25) is 0 Å². The number of hydrogen-bond acceptors (Lipinski definition) is 3. The number of benzene rings is 2. The van der Waals surface area contributed by atoms with Crippen LogP contribution >= 0.6 is 0 Å². The number of esters is 1. The van der Waals surface area contributed by atoms with Gasteiger partial charge in [0.25, 0.3) is 0 Å². The number of para-hydroxylation sites is 1. The molecule has 0 radical (unpaired) electrons. The summed E-state index contributed by atoms with van der Waals surface area (Å²) >= 11 is 0. The van der Waals surface area contributed by atoms with Gasteiger partial charge in [0.05, 0.1) is 14.2 Å². The fraction of sp³-hybridized carbons (Fsp3) is 0.118. The Hall–Kier alpha value is -2.55. The topological polar surface area (TPSA) is 35.5 Å². The molecule has 0 aliphatic rings. The standard InChI is InChI=1S/C17H16O3/c1-19-16-11-7-6-10-14(16)15(12-17(18)20-2)13-8-4-3-5-9-13/h3-12H,1-2H3/b15-12+. The zero-order valence-corrected chi connectivity index (χ0v) is 11.5. The maximum absolute atomic E-state index is 11.6. The molecule has 0 heterocycles. The van der Waals surface area contributed by atoms with Crippen molar-refractivity contribution in [2.75, 3.05) is 14.2 Å². The van der Waals surface area contributed by atoms with Crippen LogP contribution in [0.2, 0.25) is 0 Å². The summed E-state index contributed by atoms with van der Waals surface area (Å²) in [4.78, 5) is 11.6. The van der Waals surface area contributed by atoms with Gasteiger partial charge in [0, 0.05) is 11.6 Å². The Bertz CT molecular complexity index is 615. The van der Waals surface area contributed by atoms with Gasteiger partial charge < -0.3 is 9.47 Å². The number of ether oxygens (including phenoxy) is 2. The van der Waals surface area contributed by atoms with Gasteiger partial charge >= 0.3 is 5.97 Å². The SMILES string of the molecule is COC(=O)/C=C(\c1ccccc1)c1ccccc1OC. The minimum atomic E-state index is -0.394. The summed E-state index contributed by atoms with van der Waals surface area (Å²) in [5.41, 5.74) is 2.56. The summed E-state index contributed by atoms with van der Waals surface area (Å²) in [6.07, 6.45) is 1.48. The maximum atomic E-state index is 11.6. The second kappa shape index (κ2) is 6.57. The van der Waals surface area contributed by atoms with Gasteiger partial charge in [0.15, 0.2) is 0 Å². The summed E-state index contributed by atoms with van der Waals surface area (Å²) in [5, 5.41) is 0. The average molecular weight is 268 g/mol. The molecule has 0 bridgehead atoms. The van der Waals surface area contributed by atoms with Gasteiger partial charge in [-0.25, -0.2) is 4.79 Å². The van der Waals surface area contributed by atoms with Crippen molar-refractivity contribution in [1.82, 2.24) is 0 Å². The van der Waals surface area contributed by atoms with Gasteiger partial charge in [-0.2, -0.15) is 0 Å². The fourth-order valence-electron chi connectivity index (χ4n) is 1.98. The van der Waals surface area contributed by atoms with E-state index in [9.17, 15) is 4.79 Å². The molecule has 20 heavy (non-hydrogen) atoms. The fourth-order valence-corrected chi connectivity index (χ4v) is 1.98. The minimum absolute atomic E-state index is 0.394. The summed E-state index contributed by atoms with van der Waals surface area (Å²) < 4.78 is 10.1. The van der Waals surface area contributed by atoms with E-state index >= 15 is 0 Å². The lowest BCUT2D eigenvalue weighted by Crippen LogP contribution is -2.00. The molecule has 0 atom stereocenters. The van der Waals surface area contributed by atoms with Crippen molar-refractivity contribution in [2.45, 2.75) is 0 Å². The molecular formula is C17H16O3. The van der Waals surface area contributed by atoms with E-state index in [1.165, 1.54) is 13.2 Å². The molecule has 0 aliphatic carbocycles. The van der Waals surface area contributed by atoms with Crippen LogP contribution in [0.15, 0.2) is 60.7 Å². The van der Waals surface area contributed by atoms with E-state index in [1.807, 2.05) is 54.6 Å². The summed E-state index contributed by atoms with van der Waals surface area (Å²) in [6.45, 7) is 0. The Morgan fingerprint density at radius 3 is 2.25 bits per heavy atom. The molecule has 2 rings (SSSR count). The third-order valence-electron chi connectivity index (χ3n) is 2.95. The highest BCUT2D eigenvalue weighted by molar-refractivity contribution is 5.97. The number of methoxy groups -OCH3 is 2. The van der Waals surface area contributed by atoms with E-state index in [-0.39, 0.29) is 0 Å². The molecule has 102 valence electrons. The average Bonchev–Trinajstić information content (AvgIpc) is 2.53. The summed E-state index contributed by atoms with van der Waals surface area (Å²) in [7, 11) is 2.98. The van der Waals surface area contributed by atoms with E-state index in [4.69, 9.17) is 9.47 Å². The molecule has 0 saturated heterocycles. The van der Waals surface area contributed by atoms with E-state index in [2.05, 4.69) is 0 Å². The molecule has 0 saturated carbocycles. The predicted octanol–water partition coefficient (Wildman–Crippen LogP) is 3.30. The third kappa shape index (κ3) is 3.06. The first-order valence-corrected chi connectivity index (χ1v) is 6.24. The Morgan fingerprint density at radius 1 is 0.950 bits per heavy atom. The van der Waals surface area contributed by atoms with E-state index < -0.39 is 5.97 Å². The number of carbonyl (C=O) groups excluding carboxylic acids is 1. The van der Waals surface area contributed by atoms with Crippen LogP contribution in [0.1, 0.15) is 11.1 Å². The normalized spacial score (nSPS) is 11.0. The molecule has 0 fully saturated rings. The van der Waals surface area contributed by atoms with Crippen molar-refractivity contribution in [3.8, 4) is 5.75 Å². The second-order valence-corrected chi connectivity index (χ2v) is 4.15. The van der Waals surface area contributed by atoms with Crippen molar-refractivity contribution in [3.05, 3.63) is 71.8 Å². The Kier molecular flexibility index (Phi) is 4.56. The molecule has 0 amide bonds. The number of carbonyl (C=O) groups is 1. The lowest BCUT2D eigenvalue weighted by Gasteiger charge is -2.12. The Balaban J connectivity index is 2.58. The van der Waals surface area contributed by atoms with Gasteiger partial charge in [-0.1, -0.05) is 48.5 Å². The van der Waals surface area contributed by atoms with Crippen LogP contribution in [0.5, 0.6) is 5.75 Å². The molecular weight excluding hydrogens is 252 g/mol. The first-order valence-electron chi connectivity index (χ1n) is 6.24. The first-order chi connectivity index (χ1) is 9.76. The van der Waals surface area contributed by atoms with Crippen LogP contribution in [0, 0.1) is 0 Å². The minimum Gasteiger partial charge on any atom is -0.496 e. The largest absolute Gasteiger partial charge is 0.496 e. The Labute approximate surface area is 118 Å². The maximum Gasteiger partial charge on any atom is 0.331 e. The zero-order chi connectivity index (χ0) is 14.4. The third-order valence-corrected chi connectivity index (χ3v) is 2.95. The van der Waals surface area contributed by atoms with E-state index in [0.29, 0.717) is 5.75 Å². The van der Waals surface area contributed by atoms with Crippen LogP contribution in [0.3, 0.4) is 0 Å².